The van der Waals surface area contributed by atoms with E-state index in [1.165, 1.54) is 0 Å². The van der Waals surface area contributed by atoms with Crippen molar-refractivity contribution in [1.82, 2.24) is 4.90 Å². The molecule has 6 rings (SSSR count). The van der Waals surface area contributed by atoms with Gasteiger partial charge in [0.05, 0.1) is 37.1 Å². The summed E-state index contributed by atoms with van der Waals surface area (Å²) >= 11 is 0. The van der Waals surface area contributed by atoms with Crippen molar-refractivity contribution < 1.29 is 34.3 Å². The van der Waals surface area contributed by atoms with Gasteiger partial charge in [-0.1, -0.05) is 6.92 Å². The highest BCUT2D eigenvalue weighted by molar-refractivity contribution is 5.41. The van der Waals surface area contributed by atoms with Gasteiger partial charge in [0.2, 0.25) is 0 Å². The normalized spacial score (nSPS) is 60.9. The van der Waals surface area contributed by atoms with E-state index in [1.807, 2.05) is 0 Å². The van der Waals surface area contributed by atoms with Crippen LogP contribution in [0.25, 0.3) is 0 Å². The van der Waals surface area contributed by atoms with E-state index in [4.69, 9.17) is 18.9 Å². The van der Waals surface area contributed by atoms with Crippen LogP contribution in [0.3, 0.4) is 0 Å². The van der Waals surface area contributed by atoms with Gasteiger partial charge >= 0.3 is 0 Å². The summed E-state index contributed by atoms with van der Waals surface area (Å²) in [5.41, 5.74) is -3.78. The van der Waals surface area contributed by atoms with Crippen molar-refractivity contribution in [1.29, 1.82) is 0 Å². The Bertz CT molecular complexity index is 814. The molecule has 13 atom stereocenters. The zero-order valence-corrected chi connectivity index (χ0v) is 20.6. The Morgan fingerprint density at radius 2 is 1.79 bits per heavy atom. The Morgan fingerprint density at radius 1 is 1.03 bits per heavy atom. The second-order valence-electron chi connectivity index (χ2n) is 11.8. The van der Waals surface area contributed by atoms with Crippen LogP contribution in [0.2, 0.25) is 0 Å². The first-order chi connectivity index (χ1) is 15.8. The van der Waals surface area contributed by atoms with Crippen LogP contribution in [0.5, 0.6) is 0 Å². The maximum absolute atomic E-state index is 13.0. The summed E-state index contributed by atoms with van der Waals surface area (Å²) < 4.78 is 24.5. The summed E-state index contributed by atoms with van der Waals surface area (Å²) in [6, 6.07) is -0.312. The molecule has 33 heavy (non-hydrogen) atoms. The predicted molar refractivity (Wildman–Crippen MR) is 119 cm³/mol. The molecule has 0 aromatic rings. The highest BCUT2D eigenvalue weighted by Crippen LogP contribution is 2.80. The first-order valence-electron chi connectivity index (χ1n) is 12.7. The number of piperidine rings is 1. The van der Waals surface area contributed by atoms with Gasteiger partial charge < -0.3 is 34.3 Å². The van der Waals surface area contributed by atoms with Crippen LogP contribution in [-0.2, 0) is 18.9 Å². The first kappa shape index (κ1) is 23.1. The van der Waals surface area contributed by atoms with E-state index in [1.54, 1.807) is 28.4 Å². The summed E-state index contributed by atoms with van der Waals surface area (Å²) in [6.45, 7) is 3.59. The maximum Gasteiger partial charge on any atom is 0.136 e. The maximum atomic E-state index is 13.0. The van der Waals surface area contributed by atoms with Crippen molar-refractivity contribution in [2.75, 3.05) is 48.1 Å². The van der Waals surface area contributed by atoms with E-state index < -0.39 is 28.1 Å². The number of ether oxygens (including phenoxy) is 4. The molecule has 6 fully saturated rings. The van der Waals surface area contributed by atoms with Gasteiger partial charge in [-0.2, -0.15) is 0 Å². The lowest BCUT2D eigenvalue weighted by atomic mass is 9.42. The molecule has 3 unspecified atom stereocenters. The molecule has 8 heteroatoms. The number of aliphatic hydroxyl groups excluding tert-OH is 1. The van der Waals surface area contributed by atoms with E-state index in [0.29, 0.717) is 13.0 Å². The monoisotopic (exact) mass is 467 g/mol. The standard InChI is InChI=1S/C25H41NO7/c1-6-26-11-22(12-27)8-7-16(31-3)24-14-9-13-15(30-2)10-23(28,17(14)18(13)32-4)25(29,21(24)26)20(33-5)19(22)24/h13-21,27-29H,6-12H2,1-5H3/t13-,14?,15+,16+,17?,18+,19-,20+,21?,22+,23-,24+,25+/m1/s1. The summed E-state index contributed by atoms with van der Waals surface area (Å²) in [4.78, 5) is 2.33. The summed E-state index contributed by atoms with van der Waals surface area (Å²) in [7, 11) is 6.85. The van der Waals surface area contributed by atoms with Crippen LogP contribution in [0.15, 0.2) is 0 Å². The molecule has 1 spiro atoms. The van der Waals surface area contributed by atoms with Crippen LogP contribution in [-0.4, -0.2) is 110 Å². The van der Waals surface area contributed by atoms with Gasteiger partial charge in [0, 0.05) is 70.0 Å². The largest absolute Gasteiger partial charge is 0.396 e. The Balaban J connectivity index is 1.68. The SMILES string of the molecule is CCN1C[C@]2(CO)CC[C@H](OC)[C@]34C5C[C@@H]6[C@@H](OC)C[C@@](O)(C5[C@H]6OC)[C@@](O)(C13)[C@@H](OC)[C@H]24. The molecule has 8 nitrogen and oxygen atoms in total. The van der Waals surface area contributed by atoms with Gasteiger partial charge in [0.25, 0.3) is 0 Å². The minimum absolute atomic E-state index is 0.0443. The van der Waals surface area contributed by atoms with Gasteiger partial charge in [-0.15, -0.1) is 0 Å². The van der Waals surface area contributed by atoms with E-state index >= 15 is 0 Å². The van der Waals surface area contributed by atoms with Crippen LogP contribution in [0.4, 0.5) is 0 Å². The molecule has 0 amide bonds. The van der Waals surface area contributed by atoms with Crippen molar-refractivity contribution in [2.24, 2.45) is 34.5 Å². The topological polar surface area (TPSA) is 101 Å². The minimum Gasteiger partial charge on any atom is -0.396 e. The molecule has 0 radical (unpaired) electrons. The summed E-state index contributed by atoms with van der Waals surface area (Å²) in [5.74, 6) is -0.0916. The predicted octanol–water partition coefficient (Wildman–Crippen LogP) is 0.271. The highest BCUT2D eigenvalue weighted by atomic mass is 16.5. The van der Waals surface area contributed by atoms with Gasteiger partial charge in [-0.25, -0.2) is 0 Å². The molecule has 0 aromatic heterocycles. The van der Waals surface area contributed by atoms with Crippen LogP contribution in [0, 0.1) is 34.5 Å². The molecule has 188 valence electrons. The van der Waals surface area contributed by atoms with Gasteiger partial charge in [0.1, 0.15) is 11.2 Å². The van der Waals surface area contributed by atoms with E-state index in [0.717, 1.165) is 25.8 Å². The van der Waals surface area contributed by atoms with Crippen LogP contribution >= 0.6 is 0 Å². The third-order valence-electron chi connectivity index (χ3n) is 11.6. The summed E-state index contributed by atoms with van der Waals surface area (Å²) in [6.07, 6.45) is 1.81. The lowest BCUT2D eigenvalue weighted by molar-refractivity contribution is -0.320. The van der Waals surface area contributed by atoms with Crippen LogP contribution in [0.1, 0.15) is 32.6 Å². The zero-order valence-electron chi connectivity index (χ0n) is 20.6. The average molecular weight is 468 g/mol. The third kappa shape index (κ3) is 2.16. The van der Waals surface area contributed by atoms with Crippen LogP contribution < -0.4 is 0 Å². The second-order valence-corrected chi connectivity index (χ2v) is 11.8. The lowest BCUT2D eigenvalue weighted by Gasteiger charge is -2.70. The number of hydrogen-bond donors (Lipinski definition) is 3. The number of fused-ring (bicyclic) bond motifs is 2. The fourth-order valence-corrected chi connectivity index (χ4v) is 11.0. The van der Waals surface area contributed by atoms with Crippen molar-refractivity contribution in [2.45, 2.75) is 74.3 Å². The smallest absolute Gasteiger partial charge is 0.136 e. The minimum atomic E-state index is -1.52. The van der Waals surface area contributed by atoms with Crippen molar-refractivity contribution >= 4 is 0 Å². The Morgan fingerprint density at radius 3 is 2.36 bits per heavy atom. The number of likely N-dealkylation sites (tertiary alicyclic amines) is 1. The zero-order chi connectivity index (χ0) is 23.6. The van der Waals surface area contributed by atoms with E-state index in [-0.39, 0.29) is 54.6 Å². The molecule has 0 aromatic carbocycles. The van der Waals surface area contributed by atoms with E-state index in [9.17, 15) is 15.3 Å². The molecule has 1 saturated heterocycles. The number of nitrogens with zero attached hydrogens (tertiary/aromatic N) is 1. The number of hydrogen-bond acceptors (Lipinski definition) is 8. The molecular weight excluding hydrogens is 426 g/mol. The van der Waals surface area contributed by atoms with Gasteiger partial charge in [0.15, 0.2) is 0 Å². The van der Waals surface area contributed by atoms with Gasteiger partial charge in [-0.05, 0) is 31.7 Å². The van der Waals surface area contributed by atoms with Gasteiger partial charge in [-0.3, -0.25) is 4.90 Å². The molecule has 7 bridgehead atoms. The molecule has 3 N–H and O–H groups in total. The number of aliphatic hydroxyl groups is 3. The quantitative estimate of drug-likeness (QED) is 0.512. The number of rotatable bonds is 6. The average Bonchev–Trinajstić information content (AvgIpc) is 3.24. The van der Waals surface area contributed by atoms with Crippen molar-refractivity contribution in [3.8, 4) is 0 Å². The van der Waals surface area contributed by atoms with Crippen molar-refractivity contribution in [3.63, 3.8) is 0 Å². The molecule has 6 aliphatic rings. The fourth-order valence-electron chi connectivity index (χ4n) is 11.0. The molecular formula is C25H41NO7. The second kappa shape index (κ2) is 7.13. The molecule has 1 aliphatic heterocycles. The number of likely N-dealkylation sites (N-methyl/N-ethyl adjacent to an activating group) is 1. The third-order valence-corrected chi connectivity index (χ3v) is 11.6. The van der Waals surface area contributed by atoms with Crippen molar-refractivity contribution in [3.05, 3.63) is 0 Å². The number of methoxy groups -OCH3 is 4. The highest BCUT2D eigenvalue weighted by Gasteiger charge is 2.91. The first-order valence-corrected chi connectivity index (χ1v) is 12.7. The molecule has 1 heterocycles. The van der Waals surface area contributed by atoms with E-state index in [2.05, 4.69) is 11.8 Å². The fraction of sp³-hybridized carbons (Fsp3) is 1.00. The molecule has 5 aliphatic carbocycles. The Kier molecular flexibility index (Phi) is 4.99. The summed E-state index contributed by atoms with van der Waals surface area (Å²) in [5, 5.41) is 36.6. The molecule has 5 saturated carbocycles. The Labute approximate surface area is 196 Å². The lowest BCUT2D eigenvalue weighted by Crippen LogP contribution is -2.82. The Hall–Kier alpha value is -0.320.